The highest BCUT2D eigenvalue weighted by Gasteiger charge is 2.26. The van der Waals surface area contributed by atoms with Gasteiger partial charge in [-0.3, -0.25) is 5.32 Å². The van der Waals surface area contributed by atoms with Crippen LogP contribution in [0.2, 0.25) is 0 Å². The summed E-state index contributed by atoms with van der Waals surface area (Å²) in [5, 5.41) is 11.6. The SMILES string of the molecule is CC(C)(C)OC(NC(CN)CN)C(=O)O. The van der Waals surface area contributed by atoms with Crippen molar-refractivity contribution in [3.8, 4) is 0 Å². The maximum atomic E-state index is 10.9. The molecule has 0 bridgehead atoms. The molecule has 0 rings (SSSR count). The van der Waals surface area contributed by atoms with Crippen molar-refractivity contribution in [2.75, 3.05) is 13.1 Å². The molecule has 0 saturated carbocycles. The molecule has 0 fully saturated rings. The van der Waals surface area contributed by atoms with E-state index in [9.17, 15) is 4.79 Å². The minimum Gasteiger partial charge on any atom is -0.478 e. The highest BCUT2D eigenvalue weighted by Crippen LogP contribution is 2.09. The second-order valence-electron chi connectivity index (χ2n) is 4.28. The lowest BCUT2D eigenvalue weighted by Gasteiger charge is -2.28. The Morgan fingerprint density at radius 3 is 2.13 bits per heavy atom. The van der Waals surface area contributed by atoms with E-state index in [1.165, 1.54) is 0 Å². The monoisotopic (exact) mass is 219 g/mol. The molecule has 0 radical (unpaired) electrons. The topological polar surface area (TPSA) is 111 Å². The Morgan fingerprint density at radius 2 is 1.87 bits per heavy atom. The first-order valence-electron chi connectivity index (χ1n) is 4.87. The van der Waals surface area contributed by atoms with E-state index in [1.807, 2.05) is 0 Å². The molecular formula is C9H21N3O3. The number of carboxylic acid groups (broad SMARTS) is 1. The molecule has 1 atom stereocenters. The van der Waals surface area contributed by atoms with E-state index < -0.39 is 17.8 Å². The number of nitrogens with one attached hydrogen (secondary N) is 1. The molecule has 0 aliphatic carbocycles. The third-order valence-corrected chi connectivity index (χ3v) is 1.65. The van der Waals surface area contributed by atoms with Gasteiger partial charge in [-0.05, 0) is 20.8 Å². The first-order chi connectivity index (χ1) is 6.80. The summed E-state index contributed by atoms with van der Waals surface area (Å²) < 4.78 is 5.31. The van der Waals surface area contributed by atoms with Crippen LogP contribution in [0.15, 0.2) is 0 Å². The standard InChI is InChI=1S/C9H21N3O3/c1-9(2,3)15-7(8(13)14)12-6(4-10)5-11/h6-7,12H,4-5,10-11H2,1-3H3,(H,13,14). The average molecular weight is 219 g/mol. The summed E-state index contributed by atoms with van der Waals surface area (Å²) in [7, 11) is 0. The van der Waals surface area contributed by atoms with Gasteiger partial charge >= 0.3 is 5.97 Å². The highest BCUT2D eigenvalue weighted by atomic mass is 16.5. The Hall–Kier alpha value is -0.690. The smallest absolute Gasteiger partial charge is 0.348 e. The van der Waals surface area contributed by atoms with E-state index in [0.29, 0.717) is 0 Å². The summed E-state index contributed by atoms with van der Waals surface area (Å²) in [4.78, 5) is 10.9. The molecule has 0 aromatic heterocycles. The number of carbonyl (C=O) groups is 1. The van der Waals surface area contributed by atoms with Crippen molar-refractivity contribution in [1.29, 1.82) is 0 Å². The Balaban J connectivity index is 4.34. The molecule has 0 aliphatic heterocycles. The number of rotatable bonds is 6. The van der Waals surface area contributed by atoms with Crippen LogP contribution in [0.1, 0.15) is 20.8 Å². The first kappa shape index (κ1) is 14.3. The fourth-order valence-electron chi connectivity index (χ4n) is 0.956. The van der Waals surface area contributed by atoms with Crippen molar-refractivity contribution in [1.82, 2.24) is 5.32 Å². The van der Waals surface area contributed by atoms with Crippen LogP contribution in [0.25, 0.3) is 0 Å². The summed E-state index contributed by atoms with van der Waals surface area (Å²) in [5.41, 5.74) is 10.3. The van der Waals surface area contributed by atoms with Crippen molar-refractivity contribution >= 4 is 5.97 Å². The van der Waals surface area contributed by atoms with E-state index in [2.05, 4.69) is 5.32 Å². The van der Waals surface area contributed by atoms with Crippen LogP contribution in [-0.2, 0) is 9.53 Å². The Bertz CT molecular complexity index is 199. The zero-order valence-corrected chi connectivity index (χ0v) is 9.49. The number of carboxylic acids is 1. The first-order valence-corrected chi connectivity index (χ1v) is 4.87. The normalized spacial score (nSPS) is 14.3. The van der Waals surface area contributed by atoms with Gasteiger partial charge in [0.05, 0.1) is 5.60 Å². The molecule has 0 aromatic carbocycles. The lowest BCUT2D eigenvalue weighted by atomic mass is 10.2. The maximum absolute atomic E-state index is 10.9. The van der Waals surface area contributed by atoms with Crippen LogP contribution in [-0.4, -0.2) is 42.0 Å². The van der Waals surface area contributed by atoms with Crippen molar-refractivity contribution < 1.29 is 14.6 Å². The Labute approximate surface area is 90.0 Å². The van der Waals surface area contributed by atoms with Gasteiger partial charge in [-0.1, -0.05) is 0 Å². The minimum absolute atomic E-state index is 0.256. The summed E-state index contributed by atoms with van der Waals surface area (Å²) in [6.45, 7) is 5.89. The second kappa shape index (κ2) is 6.02. The lowest BCUT2D eigenvalue weighted by Crippen LogP contribution is -2.53. The van der Waals surface area contributed by atoms with Crippen molar-refractivity contribution in [2.45, 2.75) is 38.6 Å². The van der Waals surface area contributed by atoms with Crippen LogP contribution in [0.3, 0.4) is 0 Å². The van der Waals surface area contributed by atoms with Gasteiger partial charge in [-0.2, -0.15) is 0 Å². The summed E-state index contributed by atoms with van der Waals surface area (Å²) in [6.07, 6.45) is -1.08. The molecule has 90 valence electrons. The van der Waals surface area contributed by atoms with Gasteiger partial charge in [-0.15, -0.1) is 0 Å². The molecule has 6 nitrogen and oxygen atoms in total. The number of aliphatic carboxylic acids is 1. The zero-order chi connectivity index (χ0) is 12.1. The van der Waals surface area contributed by atoms with Gasteiger partial charge in [0.15, 0.2) is 0 Å². The quantitative estimate of drug-likeness (QED) is 0.430. The molecular weight excluding hydrogens is 198 g/mol. The fourth-order valence-corrected chi connectivity index (χ4v) is 0.956. The van der Waals surface area contributed by atoms with Crippen LogP contribution in [0, 0.1) is 0 Å². The molecule has 6 heteroatoms. The molecule has 0 heterocycles. The van der Waals surface area contributed by atoms with Crippen LogP contribution in [0.5, 0.6) is 0 Å². The van der Waals surface area contributed by atoms with Crippen LogP contribution < -0.4 is 16.8 Å². The lowest BCUT2D eigenvalue weighted by molar-refractivity contribution is -0.164. The fraction of sp³-hybridized carbons (Fsp3) is 0.889. The molecule has 0 aliphatic rings. The van der Waals surface area contributed by atoms with Crippen LogP contribution in [0.4, 0.5) is 0 Å². The van der Waals surface area contributed by atoms with E-state index in [1.54, 1.807) is 20.8 Å². The van der Waals surface area contributed by atoms with E-state index in [4.69, 9.17) is 21.3 Å². The van der Waals surface area contributed by atoms with Gasteiger partial charge in [0.2, 0.25) is 6.23 Å². The molecule has 0 spiro atoms. The second-order valence-corrected chi connectivity index (χ2v) is 4.28. The Morgan fingerprint density at radius 1 is 1.40 bits per heavy atom. The summed E-state index contributed by atoms with van der Waals surface area (Å²) in [6, 6.07) is -0.256. The van der Waals surface area contributed by atoms with Crippen LogP contribution >= 0.6 is 0 Å². The van der Waals surface area contributed by atoms with Gasteiger partial charge in [0.25, 0.3) is 0 Å². The largest absolute Gasteiger partial charge is 0.478 e. The molecule has 0 saturated heterocycles. The third-order valence-electron chi connectivity index (χ3n) is 1.65. The number of nitrogens with two attached hydrogens (primary N) is 2. The summed E-state index contributed by atoms with van der Waals surface area (Å²) >= 11 is 0. The van der Waals surface area contributed by atoms with Gasteiger partial charge < -0.3 is 21.3 Å². The van der Waals surface area contributed by atoms with Crippen molar-refractivity contribution in [3.05, 3.63) is 0 Å². The van der Waals surface area contributed by atoms with Gasteiger partial charge in [0.1, 0.15) is 0 Å². The van der Waals surface area contributed by atoms with Gasteiger partial charge in [0, 0.05) is 19.1 Å². The molecule has 0 aromatic rings. The number of ether oxygens (including phenoxy) is 1. The molecule has 15 heavy (non-hydrogen) atoms. The minimum atomic E-state index is -1.08. The highest BCUT2D eigenvalue weighted by molar-refractivity contribution is 5.71. The summed E-state index contributed by atoms with van der Waals surface area (Å²) in [5.74, 6) is -1.07. The predicted octanol–water partition coefficient (Wildman–Crippen LogP) is -0.912. The van der Waals surface area contributed by atoms with Crippen molar-refractivity contribution in [2.24, 2.45) is 11.5 Å². The average Bonchev–Trinajstić information content (AvgIpc) is 2.09. The van der Waals surface area contributed by atoms with E-state index in [0.717, 1.165) is 0 Å². The molecule has 0 amide bonds. The predicted molar refractivity (Wildman–Crippen MR) is 57.3 cm³/mol. The van der Waals surface area contributed by atoms with Crippen molar-refractivity contribution in [3.63, 3.8) is 0 Å². The number of hydrogen-bond acceptors (Lipinski definition) is 5. The van der Waals surface area contributed by atoms with Gasteiger partial charge in [-0.25, -0.2) is 4.79 Å². The van der Waals surface area contributed by atoms with E-state index in [-0.39, 0.29) is 19.1 Å². The number of hydrogen-bond donors (Lipinski definition) is 4. The maximum Gasteiger partial charge on any atom is 0.348 e. The zero-order valence-electron chi connectivity index (χ0n) is 9.49. The Kier molecular flexibility index (Phi) is 5.74. The molecule has 1 unspecified atom stereocenters. The third kappa shape index (κ3) is 6.40. The molecule has 6 N–H and O–H groups in total. The van der Waals surface area contributed by atoms with E-state index >= 15 is 0 Å².